The Morgan fingerprint density at radius 3 is 2.25 bits per heavy atom. The van der Waals surface area contributed by atoms with Gasteiger partial charge in [0.1, 0.15) is 6.54 Å². The van der Waals surface area contributed by atoms with Crippen molar-refractivity contribution in [1.82, 2.24) is 4.90 Å². The third-order valence-electron chi connectivity index (χ3n) is 5.17. The summed E-state index contributed by atoms with van der Waals surface area (Å²) in [5, 5.41) is 2.84. The van der Waals surface area contributed by atoms with Crippen molar-refractivity contribution in [2.24, 2.45) is 0 Å². The molecule has 0 heterocycles. The Hall–Kier alpha value is -2.66. The van der Waals surface area contributed by atoms with Crippen LogP contribution in [0.3, 0.4) is 0 Å². The minimum Gasteiger partial charge on any atom is -0.331 e. The zero-order chi connectivity index (χ0) is 20.8. The zero-order valence-electron chi connectivity index (χ0n) is 17.8. The highest BCUT2D eigenvalue weighted by Crippen LogP contribution is 2.10. The normalized spacial score (nSPS) is 12.9. The molecule has 0 aliphatic rings. The predicted octanol–water partition coefficient (Wildman–Crippen LogP) is 2.11. The van der Waals surface area contributed by atoms with Crippen molar-refractivity contribution < 1.29 is 14.5 Å². The van der Waals surface area contributed by atoms with E-state index in [1.165, 1.54) is 21.6 Å². The molecule has 2 amide bonds. The Morgan fingerprint density at radius 2 is 1.64 bits per heavy atom. The molecule has 0 spiro atoms. The minimum atomic E-state index is -0.238. The Kier molecular flexibility index (Phi) is 7.35. The summed E-state index contributed by atoms with van der Waals surface area (Å²) in [6, 6.07) is 13.8. The molecular weight excluding hydrogens is 350 g/mol. The van der Waals surface area contributed by atoms with Crippen LogP contribution in [0.1, 0.15) is 29.2 Å². The molecule has 2 aromatic carbocycles. The molecule has 1 unspecified atom stereocenters. The first-order valence-corrected chi connectivity index (χ1v) is 9.67. The lowest BCUT2D eigenvalue weighted by molar-refractivity contribution is -0.908. The molecule has 2 atom stereocenters. The first-order chi connectivity index (χ1) is 13.2. The third kappa shape index (κ3) is 5.92. The van der Waals surface area contributed by atoms with Crippen LogP contribution in [0.25, 0.3) is 0 Å². The van der Waals surface area contributed by atoms with E-state index < -0.39 is 0 Å². The van der Waals surface area contributed by atoms with Gasteiger partial charge in [-0.25, -0.2) is 0 Å². The van der Waals surface area contributed by atoms with Gasteiger partial charge in [-0.15, -0.1) is 0 Å². The maximum atomic E-state index is 12.8. The molecular formula is C23H32N3O2+. The summed E-state index contributed by atoms with van der Waals surface area (Å²) in [5.41, 5.74) is 5.59. The Balaban J connectivity index is 1.91. The highest BCUT2D eigenvalue weighted by molar-refractivity contribution is 5.94. The molecule has 5 heteroatoms. The van der Waals surface area contributed by atoms with E-state index in [1.54, 1.807) is 7.05 Å². The van der Waals surface area contributed by atoms with Crippen molar-refractivity contribution in [3.05, 3.63) is 64.7 Å². The van der Waals surface area contributed by atoms with Crippen LogP contribution in [0.2, 0.25) is 0 Å². The number of likely N-dealkylation sites (N-methyl/N-ethyl adjacent to an activating group) is 2. The molecule has 0 aliphatic heterocycles. The Labute approximate surface area is 168 Å². The van der Waals surface area contributed by atoms with Crippen LogP contribution in [-0.2, 0) is 16.1 Å². The van der Waals surface area contributed by atoms with E-state index in [0.717, 1.165) is 22.7 Å². The van der Waals surface area contributed by atoms with Gasteiger partial charge in [0, 0.05) is 18.3 Å². The molecule has 2 N–H and O–H groups in total. The molecule has 2 rings (SSSR count). The van der Waals surface area contributed by atoms with Crippen LogP contribution in [0.5, 0.6) is 0 Å². The standard InChI is InChI=1S/C23H31N3O2/c1-16-8-11-21(12-9-16)24-22(27)15-26(6)23(28)19(4)25(5)14-20-10-7-17(2)13-18(20)3/h7-13,19H,14-15H2,1-6H3,(H,24,27)/p+1/t19-/m1/s1. The molecule has 0 aliphatic carbocycles. The van der Waals surface area contributed by atoms with E-state index in [2.05, 4.69) is 37.4 Å². The van der Waals surface area contributed by atoms with Crippen molar-refractivity contribution in [2.75, 3.05) is 26.0 Å². The largest absolute Gasteiger partial charge is 0.331 e. The van der Waals surface area contributed by atoms with E-state index in [-0.39, 0.29) is 24.4 Å². The first-order valence-electron chi connectivity index (χ1n) is 9.67. The molecule has 0 saturated carbocycles. The fraction of sp³-hybridized carbons (Fsp3) is 0.391. The monoisotopic (exact) mass is 382 g/mol. The molecule has 28 heavy (non-hydrogen) atoms. The summed E-state index contributed by atoms with van der Waals surface area (Å²) < 4.78 is 0. The van der Waals surface area contributed by atoms with Gasteiger partial charge in [-0.05, 0) is 45.4 Å². The van der Waals surface area contributed by atoms with E-state index in [9.17, 15) is 9.59 Å². The summed E-state index contributed by atoms with van der Waals surface area (Å²) in [4.78, 5) is 27.6. The Bertz CT molecular complexity index is 830. The fourth-order valence-electron chi connectivity index (χ4n) is 3.17. The number of rotatable bonds is 7. The van der Waals surface area contributed by atoms with Gasteiger partial charge >= 0.3 is 0 Å². The SMILES string of the molecule is Cc1ccc(NC(=O)CN(C)C(=O)[C@@H](C)[NH+](C)Cc2ccc(C)cc2C)cc1. The van der Waals surface area contributed by atoms with Crippen molar-refractivity contribution >= 4 is 17.5 Å². The maximum absolute atomic E-state index is 12.8. The second-order valence-electron chi connectivity index (χ2n) is 7.78. The number of anilines is 1. The van der Waals surface area contributed by atoms with Crippen LogP contribution < -0.4 is 10.2 Å². The molecule has 0 bridgehead atoms. The summed E-state index contributed by atoms with van der Waals surface area (Å²) in [5.74, 6) is -0.236. The van der Waals surface area contributed by atoms with E-state index in [1.807, 2.05) is 45.2 Å². The Morgan fingerprint density at radius 1 is 1.04 bits per heavy atom. The van der Waals surface area contributed by atoms with Gasteiger partial charge in [0.25, 0.3) is 5.91 Å². The number of quaternary nitrogens is 1. The lowest BCUT2D eigenvalue weighted by Crippen LogP contribution is -3.12. The number of benzene rings is 2. The smallest absolute Gasteiger partial charge is 0.280 e. The van der Waals surface area contributed by atoms with Crippen molar-refractivity contribution in [1.29, 1.82) is 0 Å². The molecule has 5 nitrogen and oxygen atoms in total. The summed E-state index contributed by atoms with van der Waals surface area (Å²) in [6.45, 7) is 8.89. The molecule has 0 aromatic heterocycles. The predicted molar refractivity (Wildman–Crippen MR) is 113 cm³/mol. The van der Waals surface area contributed by atoms with E-state index in [4.69, 9.17) is 0 Å². The second-order valence-corrected chi connectivity index (χ2v) is 7.78. The van der Waals surface area contributed by atoms with Crippen molar-refractivity contribution in [3.8, 4) is 0 Å². The number of aryl methyl sites for hydroxylation is 3. The average molecular weight is 383 g/mol. The zero-order valence-corrected chi connectivity index (χ0v) is 17.8. The van der Waals surface area contributed by atoms with E-state index >= 15 is 0 Å². The van der Waals surface area contributed by atoms with Gasteiger partial charge in [0.05, 0.1) is 13.6 Å². The lowest BCUT2D eigenvalue weighted by atomic mass is 10.0. The lowest BCUT2D eigenvalue weighted by Gasteiger charge is -2.26. The number of hydrogen-bond donors (Lipinski definition) is 2. The van der Waals surface area contributed by atoms with Crippen LogP contribution in [0, 0.1) is 20.8 Å². The highest BCUT2D eigenvalue weighted by atomic mass is 16.2. The maximum Gasteiger partial charge on any atom is 0.280 e. The highest BCUT2D eigenvalue weighted by Gasteiger charge is 2.26. The second kappa shape index (κ2) is 9.51. The first kappa shape index (κ1) is 21.6. The number of hydrogen-bond acceptors (Lipinski definition) is 2. The van der Waals surface area contributed by atoms with Gasteiger partial charge in [-0.1, -0.05) is 41.5 Å². The molecule has 2 aromatic rings. The number of carbonyl (C=O) groups excluding carboxylic acids is 2. The molecule has 0 saturated heterocycles. The number of carbonyl (C=O) groups is 2. The van der Waals surface area contributed by atoms with Gasteiger partial charge in [0.2, 0.25) is 5.91 Å². The summed E-state index contributed by atoms with van der Waals surface area (Å²) in [6.07, 6.45) is 0. The number of nitrogens with zero attached hydrogens (tertiary/aromatic N) is 1. The summed E-state index contributed by atoms with van der Waals surface area (Å²) >= 11 is 0. The molecule has 0 radical (unpaired) electrons. The summed E-state index contributed by atoms with van der Waals surface area (Å²) in [7, 11) is 3.69. The van der Waals surface area contributed by atoms with Crippen molar-refractivity contribution in [3.63, 3.8) is 0 Å². The quantitative estimate of drug-likeness (QED) is 0.771. The molecule has 0 fully saturated rings. The van der Waals surface area contributed by atoms with Gasteiger partial charge in [-0.3, -0.25) is 9.59 Å². The van der Waals surface area contributed by atoms with Gasteiger partial charge < -0.3 is 15.1 Å². The topological polar surface area (TPSA) is 53.9 Å². The molecule has 150 valence electrons. The minimum absolute atomic E-state index is 0.0356. The van der Waals surface area contributed by atoms with Crippen LogP contribution in [-0.4, -0.2) is 43.4 Å². The van der Waals surface area contributed by atoms with Crippen LogP contribution in [0.15, 0.2) is 42.5 Å². The van der Waals surface area contributed by atoms with Crippen molar-refractivity contribution in [2.45, 2.75) is 40.3 Å². The van der Waals surface area contributed by atoms with E-state index in [0.29, 0.717) is 0 Å². The van der Waals surface area contributed by atoms with Crippen LogP contribution in [0.4, 0.5) is 5.69 Å². The van der Waals surface area contributed by atoms with Gasteiger partial charge in [-0.2, -0.15) is 0 Å². The fourth-order valence-corrected chi connectivity index (χ4v) is 3.17. The van der Waals surface area contributed by atoms with Gasteiger partial charge in [0.15, 0.2) is 6.04 Å². The third-order valence-corrected chi connectivity index (χ3v) is 5.17. The number of amides is 2. The van der Waals surface area contributed by atoms with Crippen LogP contribution >= 0.6 is 0 Å². The average Bonchev–Trinajstić information content (AvgIpc) is 2.64. The number of nitrogens with one attached hydrogen (secondary N) is 2.